The van der Waals surface area contributed by atoms with Gasteiger partial charge in [-0.3, -0.25) is 0 Å². The second-order valence-electron chi connectivity index (χ2n) is 3.96. The Labute approximate surface area is 125 Å². The Morgan fingerprint density at radius 2 is 2.05 bits per heavy atom. The Morgan fingerprint density at radius 1 is 1.30 bits per heavy atom. The molecule has 1 atom stereocenters. The van der Waals surface area contributed by atoms with Gasteiger partial charge in [0.1, 0.15) is 9.77 Å². The van der Waals surface area contributed by atoms with Gasteiger partial charge in [0, 0.05) is 4.88 Å². The van der Waals surface area contributed by atoms with Crippen molar-refractivity contribution in [3.63, 3.8) is 0 Å². The first kappa shape index (κ1) is 15.2. The van der Waals surface area contributed by atoms with Gasteiger partial charge >= 0.3 is 5.97 Å². The minimum absolute atomic E-state index is 0.0437. The highest BCUT2D eigenvalue weighted by molar-refractivity contribution is 7.89. The number of esters is 1. The summed E-state index contributed by atoms with van der Waals surface area (Å²) >= 11 is 2.51. The number of ether oxygens (including phenoxy) is 1. The first-order valence-electron chi connectivity index (χ1n) is 5.67. The molecule has 0 aliphatic carbocycles. The Balaban J connectivity index is 2.27. The van der Waals surface area contributed by atoms with Crippen LogP contribution in [0.5, 0.6) is 0 Å². The predicted molar refractivity (Wildman–Crippen MR) is 78.7 cm³/mol. The maximum Gasteiger partial charge on any atom is 0.349 e. The summed E-state index contributed by atoms with van der Waals surface area (Å²) in [6.45, 7) is 1.76. The number of carbonyl (C=O) groups excluding carboxylic acids is 1. The van der Waals surface area contributed by atoms with Crippen molar-refractivity contribution in [2.45, 2.75) is 17.9 Å². The molecule has 0 unspecified atom stereocenters. The minimum atomic E-state index is -3.76. The van der Waals surface area contributed by atoms with Crippen LogP contribution in [0, 0.1) is 0 Å². The van der Waals surface area contributed by atoms with Crippen molar-refractivity contribution in [1.29, 1.82) is 0 Å². The lowest BCUT2D eigenvalue weighted by molar-refractivity contribution is 0.0602. The van der Waals surface area contributed by atoms with E-state index in [-0.39, 0.29) is 15.8 Å². The van der Waals surface area contributed by atoms with Gasteiger partial charge < -0.3 is 4.74 Å². The molecule has 2 aromatic heterocycles. The molecule has 0 amide bonds. The molecule has 0 aromatic carbocycles. The first-order chi connectivity index (χ1) is 9.45. The lowest BCUT2D eigenvalue weighted by Crippen LogP contribution is -2.27. The lowest BCUT2D eigenvalue weighted by Gasteiger charge is -2.12. The third-order valence-electron chi connectivity index (χ3n) is 2.59. The molecule has 0 saturated heterocycles. The van der Waals surface area contributed by atoms with Gasteiger partial charge in [0.15, 0.2) is 0 Å². The predicted octanol–water partition coefficient (Wildman–Crippen LogP) is 2.64. The normalized spacial score (nSPS) is 13.1. The fourth-order valence-electron chi connectivity index (χ4n) is 1.64. The molecule has 1 N–H and O–H groups in total. The van der Waals surface area contributed by atoms with Gasteiger partial charge in [-0.15, -0.1) is 22.7 Å². The molecule has 0 bridgehead atoms. The molecule has 2 aromatic rings. The molecule has 0 spiro atoms. The fourth-order valence-corrected chi connectivity index (χ4v) is 5.01. The van der Waals surface area contributed by atoms with E-state index in [0.29, 0.717) is 0 Å². The van der Waals surface area contributed by atoms with Crippen molar-refractivity contribution in [1.82, 2.24) is 4.72 Å². The number of thiophene rings is 2. The van der Waals surface area contributed by atoms with Crippen molar-refractivity contribution in [3.05, 3.63) is 38.7 Å². The average molecular weight is 331 g/mol. The van der Waals surface area contributed by atoms with E-state index in [1.54, 1.807) is 12.3 Å². The molecule has 0 fully saturated rings. The fraction of sp³-hybridized carbons (Fsp3) is 0.250. The second kappa shape index (κ2) is 6.04. The summed E-state index contributed by atoms with van der Waals surface area (Å²) in [4.78, 5) is 12.5. The van der Waals surface area contributed by atoms with Crippen LogP contribution in [0.3, 0.4) is 0 Å². The Kier molecular flexibility index (Phi) is 4.59. The molecule has 108 valence electrons. The van der Waals surface area contributed by atoms with Gasteiger partial charge in [-0.1, -0.05) is 6.07 Å². The van der Waals surface area contributed by atoms with Crippen molar-refractivity contribution in [2.24, 2.45) is 0 Å². The number of hydrogen-bond donors (Lipinski definition) is 1. The Morgan fingerprint density at radius 3 is 2.65 bits per heavy atom. The van der Waals surface area contributed by atoms with Crippen LogP contribution in [0.1, 0.15) is 27.5 Å². The van der Waals surface area contributed by atoms with Crippen LogP contribution in [-0.4, -0.2) is 21.5 Å². The third kappa shape index (κ3) is 3.09. The molecule has 8 heteroatoms. The summed E-state index contributed by atoms with van der Waals surface area (Å²) in [6, 6.07) is 4.76. The molecular formula is C12H13NO4S3. The smallest absolute Gasteiger partial charge is 0.349 e. The standard InChI is InChI=1S/C12H13NO4S3/c1-8(9-4-3-6-18-9)13-20(15,16)10-5-7-19-11(10)12(14)17-2/h3-8,13H,1-2H3/t8-/m1/s1. The van der Waals surface area contributed by atoms with Gasteiger partial charge in [-0.25, -0.2) is 17.9 Å². The van der Waals surface area contributed by atoms with E-state index in [1.807, 2.05) is 17.5 Å². The topological polar surface area (TPSA) is 72.5 Å². The Bertz CT molecular complexity index is 688. The Hall–Kier alpha value is -1.22. The first-order valence-corrected chi connectivity index (χ1v) is 8.91. The van der Waals surface area contributed by atoms with Crippen molar-refractivity contribution < 1.29 is 17.9 Å². The number of sulfonamides is 1. The molecule has 5 nitrogen and oxygen atoms in total. The summed E-state index contributed by atoms with van der Waals surface area (Å²) < 4.78 is 31.8. The number of rotatable bonds is 5. The molecule has 0 aliphatic rings. The summed E-state index contributed by atoms with van der Waals surface area (Å²) in [6.07, 6.45) is 0. The van der Waals surface area contributed by atoms with E-state index in [2.05, 4.69) is 9.46 Å². The van der Waals surface area contributed by atoms with E-state index in [9.17, 15) is 13.2 Å². The summed E-state index contributed by atoms with van der Waals surface area (Å²) in [7, 11) is -2.54. The molecule has 2 heterocycles. The van der Waals surface area contributed by atoms with E-state index in [0.717, 1.165) is 16.2 Å². The number of nitrogens with one attached hydrogen (secondary N) is 1. The van der Waals surface area contributed by atoms with Crippen molar-refractivity contribution in [3.8, 4) is 0 Å². The maximum absolute atomic E-state index is 12.3. The minimum Gasteiger partial charge on any atom is -0.465 e. The highest BCUT2D eigenvalue weighted by Gasteiger charge is 2.26. The van der Waals surface area contributed by atoms with Gasteiger partial charge in [-0.05, 0) is 29.8 Å². The van der Waals surface area contributed by atoms with Gasteiger partial charge in [-0.2, -0.15) is 0 Å². The van der Waals surface area contributed by atoms with Gasteiger partial charge in [0.25, 0.3) is 0 Å². The average Bonchev–Trinajstić information content (AvgIpc) is 3.08. The largest absolute Gasteiger partial charge is 0.465 e. The monoisotopic (exact) mass is 331 g/mol. The SMILES string of the molecule is COC(=O)c1sccc1S(=O)(=O)N[C@H](C)c1cccs1. The highest BCUT2D eigenvalue weighted by atomic mass is 32.2. The summed E-state index contributed by atoms with van der Waals surface area (Å²) in [5.74, 6) is -0.649. The lowest BCUT2D eigenvalue weighted by atomic mass is 10.3. The third-order valence-corrected chi connectivity index (χ3v) is 6.25. The molecule has 0 radical (unpaired) electrons. The van der Waals surface area contributed by atoms with Crippen molar-refractivity contribution in [2.75, 3.05) is 7.11 Å². The zero-order valence-corrected chi connectivity index (χ0v) is 13.3. The van der Waals surface area contributed by atoms with Crippen LogP contribution in [0.25, 0.3) is 0 Å². The van der Waals surface area contributed by atoms with Gasteiger partial charge in [0.05, 0.1) is 13.2 Å². The zero-order valence-electron chi connectivity index (χ0n) is 10.8. The molecule has 0 saturated carbocycles. The van der Waals surface area contributed by atoms with Crippen molar-refractivity contribution >= 4 is 38.7 Å². The van der Waals surface area contributed by atoms with Crippen LogP contribution in [0.2, 0.25) is 0 Å². The number of methoxy groups -OCH3 is 1. The van der Waals surface area contributed by atoms with Crippen LogP contribution in [0.4, 0.5) is 0 Å². The van der Waals surface area contributed by atoms with E-state index in [1.165, 1.54) is 24.5 Å². The van der Waals surface area contributed by atoms with Crippen LogP contribution < -0.4 is 4.72 Å². The highest BCUT2D eigenvalue weighted by Crippen LogP contribution is 2.26. The quantitative estimate of drug-likeness (QED) is 0.855. The molecule has 0 aliphatic heterocycles. The van der Waals surface area contributed by atoms with Crippen LogP contribution in [0.15, 0.2) is 33.9 Å². The molecule has 2 rings (SSSR count). The van der Waals surface area contributed by atoms with E-state index in [4.69, 9.17) is 0 Å². The summed E-state index contributed by atoms with van der Waals surface area (Å²) in [5.41, 5.74) is 0. The number of hydrogen-bond acceptors (Lipinski definition) is 6. The van der Waals surface area contributed by atoms with Crippen LogP contribution in [-0.2, 0) is 14.8 Å². The van der Waals surface area contributed by atoms with Gasteiger partial charge in [0.2, 0.25) is 10.0 Å². The van der Waals surface area contributed by atoms with E-state index < -0.39 is 16.0 Å². The van der Waals surface area contributed by atoms with Crippen LogP contribution >= 0.6 is 22.7 Å². The second-order valence-corrected chi connectivity index (χ2v) is 7.54. The maximum atomic E-state index is 12.3. The van der Waals surface area contributed by atoms with E-state index >= 15 is 0 Å². The number of carbonyl (C=O) groups is 1. The summed E-state index contributed by atoms with van der Waals surface area (Å²) in [5, 5.41) is 3.43. The molecule has 20 heavy (non-hydrogen) atoms. The molecular weight excluding hydrogens is 318 g/mol. The zero-order chi connectivity index (χ0) is 14.8.